The molecule has 0 atom stereocenters. The number of hydrogen-bond acceptors (Lipinski definition) is 2. The average Bonchev–Trinajstić information content (AvgIpc) is 1.98. The molecule has 0 radical (unpaired) electrons. The Morgan fingerprint density at radius 1 is 1.75 bits per heavy atom. The summed E-state index contributed by atoms with van der Waals surface area (Å²) in [5.41, 5.74) is 6.21. The molecule has 1 aliphatic heterocycles. The van der Waals surface area contributed by atoms with Crippen LogP contribution in [0.2, 0.25) is 0 Å². The number of halogens is 1. The lowest BCUT2D eigenvalue weighted by atomic mass is 10.3. The van der Waals surface area contributed by atoms with Crippen molar-refractivity contribution >= 4 is 21.8 Å². The summed E-state index contributed by atoms with van der Waals surface area (Å²) in [6.07, 6.45) is 5.56. The zero-order valence-electron chi connectivity index (χ0n) is 6.79. The minimum atomic E-state index is 0.503. The number of rotatable bonds is 1. The fourth-order valence-electron chi connectivity index (χ4n) is 0.768. The molecule has 0 saturated carbocycles. The Hall–Kier alpha value is -1.03. The van der Waals surface area contributed by atoms with Crippen molar-refractivity contribution in [2.75, 3.05) is 0 Å². The van der Waals surface area contributed by atoms with Crippen LogP contribution in [0.4, 0.5) is 0 Å². The molecule has 1 aliphatic rings. The maximum absolute atomic E-state index is 5.43. The molecule has 0 aromatic rings. The molecule has 0 aromatic heterocycles. The standard InChI is InChI=1S/C8H10BrN3/c1-6-8(9)4-3-5-12(6)11-7(2)10/h3-5H,1H2,2H3,(H2,10,11). The van der Waals surface area contributed by atoms with Gasteiger partial charge in [-0.15, -0.1) is 0 Å². The number of hydrazone groups is 1. The largest absolute Gasteiger partial charge is 0.386 e. The highest BCUT2D eigenvalue weighted by atomic mass is 79.9. The lowest BCUT2D eigenvalue weighted by molar-refractivity contribution is 0.509. The van der Waals surface area contributed by atoms with E-state index < -0.39 is 0 Å². The lowest BCUT2D eigenvalue weighted by Crippen LogP contribution is -2.17. The molecule has 12 heavy (non-hydrogen) atoms. The van der Waals surface area contributed by atoms with Gasteiger partial charge in [0.25, 0.3) is 0 Å². The van der Waals surface area contributed by atoms with Crippen LogP contribution < -0.4 is 5.73 Å². The SMILES string of the molecule is C=C1C(Br)=CC=CN1/N=C(\C)N. The van der Waals surface area contributed by atoms with Crippen molar-refractivity contribution < 1.29 is 0 Å². The third kappa shape index (κ3) is 1.98. The molecule has 0 fully saturated rings. The fraction of sp³-hybridized carbons (Fsp3) is 0.125. The van der Waals surface area contributed by atoms with Gasteiger partial charge in [-0.05, 0) is 35.0 Å². The zero-order chi connectivity index (χ0) is 9.14. The number of allylic oxidation sites excluding steroid dienone is 3. The Labute approximate surface area is 80.1 Å². The van der Waals surface area contributed by atoms with Crippen LogP contribution in [0, 0.1) is 0 Å². The highest BCUT2D eigenvalue weighted by molar-refractivity contribution is 9.12. The summed E-state index contributed by atoms with van der Waals surface area (Å²) in [6.45, 7) is 5.56. The summed E-state index contributed by atoms with van der Waals surface area (Å²) in [7, 11) is 0. The van der Waals surface area contributed by atoms with Gasteiger partial charge in [-0.25, -0.2) is 5.01 Å². The molecule has 2 N–H and O–H groups in total. The Bertz CT molecular complexity index is 285. The molecule has 64 valence electrons. The third-order valence-electron chi connectivity index (χ3n) is 1.29. The molecule has 1 heterocycles. The smallest absolute Gasteiger partial charge is 0.117 e. The topological polar surface area (TPSA) is 41.6 Å². The second-order valence-corrected chi connectivity index (χ2v) is 3.24. The van der Waals surface area contributed by atoms with Crippen LogP contribution in [0.1, 0.15) is 6.92 Å². The number of amidine groups is 1. The maximum Gasteiger partial charge on any atom is 0.117 e. The van der Waals surface area contributed by atoms with Gasteiger partial charge in [0.1, 0.15) is 5.84 Å². The highest BCUT2D eigenvalue weighted by Gasteiger charge is 2.08. The van der Waals surface area contributed by atoms with E-state index in [2.05, 4.69) is 27.6 Å². The van der Waals surface area contributed by atoms with E-state index in [0.717, 1.165) is 10.2 Å². The van der Waals surface area contributed by atoms with E-state index >= 15 is 0 Å². The summed E-state index contributed by atoms with van der Waals surface area (Å²) < 4.78 is 0.912. The minimum Gasteiger partial charge on any atom is -0.386 e. The van der Waals surface area contributed by atoms with Gasteiger partial charge >= 0.3 is 0 Å². The molecule has 0 bridgehead atoms. The second-order valence-electron chi connectivity index (χ2n) is 2.39. The van der Waals surface area contributed by atoms with Crippen LogP contribution in [-0.4, -0.2) is 10.8 Å². The van der Waals surface area contributed by atoms with E-state index in [1.54, 1.807) is 18.1 Å². The van der Waals surface area contributed by atoms with Gasteiger partial charge in [-0.2, -0.15) is 5.10 Å². The normalized spacial score (nSPS) is 18.2. The van der Waals surface area contributed by atoms with Crippen LogP contribution >= 0.6 is 15.9 Å². The van der Waals surface area contributed by atoms with E-state index in [0.29, 0.717) is 5.84 Å². The van der Waals surface area contributed by atoms with Crippen molar-refractivity contribution in [3.8, 4) is 0 Å². The molecule has 1 rings (SSSR count). The van der Waals surface area contributed by atoms with Gasteiger partial charge < -0.3 is 5.73 Å². The average molecular weight is 228 g/mol. The van der Waals surface area contributed by atoms with Gasteiger partial charge in [0.2, 0.25) is 0 Å². The van der Waals surface area contributed by atoms with E-state index in [-0.39, 0.29) is 0 Å². The van der Waals surface area contributed by atoms with Crippen LogP contribution in [0.3, 0.4) is 0 Å². The van der Waals surface area contributed by atoms with Crippen molar-refractivity contribution in [3.05, 3.63) is 35.1 Å². The summed E-state index contributed by atoms with van der Waals surface area (Å²) in [4.78, 5) is 0. The Kier molecular flexibility index (Phi) is 2.70. The lowest BCUT2D eigenvalue weighted by Gasteiger charge is -2.19. The van der Waals surface area contributed by atoms with Crippen molar-refractivity contribution in [2.45, 2.75) is 6.92 Å². The first kappa shape index (κ1) is 9.06. The van der Waals surface area contributed by atoms with E-state index in [1.165, 1.54) is 0 Å². The summed E-state index contributed by atoms with van der Waals surface area (Å²) in [5.74, 6) is 0.503. The van der Waals surface area contributed by atoms with Crippen LogP contribution in [0.15, 0.2) is 40.2 Å². The molecule has 3 nitrogen and oxygen atoms in total. The molecule has 0 aromatic carbocycles. The van der Waals surface area contributed by atoms with Gasteiger partial charge in [-0.3, -0.25) is 0 Å². The zero-order valence-corrected chi connectivity index (χ0v) is 8.37. The predicted molar refractivity (Wildman–Crippen MR) is 54.4 cm³/mol. The van der Waals surface area contributed by atoms with Crippen LogP contribution in [0.5, 0.6) is 0 Å². The molecule has 0 spiro atoms. The first-order valence-corrected chi connectivity index (χ1v) is 4.23. The van der Waals surface area contributed by atoms with Crippen molar-refractivity contribution in [1.29, 1.82) is 0 Å². The molecule has 0 aliphatic carbocycles. The Morgan fingerprint density at radius 2 is 2.42 bits per heavy atom. The van der Waals surface area contributed by atoms with Crippen molar-refractivity contribution in [2.24, 2.45) is 10.8 Å². The Morgan fingerprint density at radius 3 is 3.00 bits per heavy atom. The van der Waals surface area contributed by atoms with Gasteiger partial charge in [0.15, 0.2) is 0 Å². The minimum absolute atomic E-state index is 0.503. The summed E-state index contributed by atoms with van der Waals surface area (Å²) in [5, 5.41) is 5.66. The molecule has 0 unspecified atom stereocenters. The first-order chi connectivity index (χ1) is 5.61. The van der Waals surface area contributed by atoms with Gasteiger partial charge in [0.05, 0.1) is 5.70 Å². The second kappa shape index (κ2) is 3.58. The van der Waals surface area contributed by atoms with Gasteiger partial charge in [0, 0.05) is 10.7 Å². The maximum atomic E-state index is 5.43. The summed E-state index contributed by atoms with van der Waals surface area (Å²) in [6, 6.07) is 0. The predicted octanol–water partition coefficient (Wildman–Crippen LogP) is 1.90. The van der Waals surface area contributed by atoms with E-state index in [4.69, 9.17) is 5.73 Å². The van der Waals surface area contributed by atoms with Gasteiger partial charge in [-0.1, -0.05) is 6.58 Å². The molecular weight excluding hydrogens is 218 g/mol. The van der Waals surface area contributed by atoms with E-state index in [1.807, 2.05) is 12.2 Å². The quantitative estimate of drug-likeness (QED) is 0.550. The molecule has 0 amide bonds. The fourth-order valence-corrected chi connectivity index (χ4v) is 1.10. The summed E-state index contributed by atoms with van der Waals surface area (Å²) >= 11 is 3.34. The number of nitrogens with zero attached hydrogens (tertiary/aromatic N) is 2. The monoisotopic (exact) mass is 227 g/mol. The van der Waals surface area contributed by atoms with Crippen LogP contribution in [-0.2, 0) is 0 Å². The van der Waals surface area contributed by atoms with Crippen molar-refractivity contribution in [3.63, 3.8) is 0 Å². The Balaban J connectivity index is 2.84. The highest BCUT2D eigenvalue weighted by Crippen LogP contribution is 2.23. The van der Waals surface area contributed by atoms with E-state index in [9.17, 15) is 0 Å². The van der Waals surface area contributed by atoms with Crippen LogP contribution in [0.25, 0.3) is 0 Å². The van der Waals surface area contributed by atoms with Crippen molar-refractivity contribution in [1.82, 2.24) is 5.01 Å². The number of nitrogens with two attached hydrogens (primary N) is 1. The molecular formula is C8H10BrN3. The molecule has 0 saturated heterocycles. The first-order valence-electron chi connectivity index (χ1n) is 3.44. The molecule has 4 heteroatoms. The number of hydrogen-bond donors (Lipinski definition) is 1. The third-order valence-corrected chi connectivity index (χ3v) is 2.01.